The molecule has 0 spiro atoms. The molecule has 0 aliphatic carbocycles. The monoisotopic (exact) mass is 487 g/mol. The molecule has 0 saturated carbocycles. The van der Waals surface area contributed by atoms with Crippen LogP contribution in [0.4, 0.5) is 0 Å². The molecule has 27 heavy (non-hydrogen) atoms. The van der Waals surface area contributed by atoms with Crippen molar-refractivity contribution < 1.29 is 0 Å². The fraction of sp³-hybridized carbons (Fsp3) is 0.667. The van der Waals surface area contributed by atoms with E-state index >= 15 is 0 Å². The molecule has 2 rings (SSSR count). The van der Waals surface area contributed by atoms with Crippen LogP contribution in [0.25, 0.3) is 0 Å². The average Bonchev–Trinajstić information content (AvgIpc) is 2.93. The summed E-state index contributed by atoms with van der Waals surface area (Å²) in [5.41, 5.74) is 1.32. The second-order valence-corrected chi connectivity index (χ2v) is 7.38. The third-order valence-electron chi connectivity index (χ3n) is 5.14. The van der Waals surface area contributed by atoms with Gasteiger partial charge in [0.05, 0.1) is 6.04 Å². The molecule has 1 heterocycles. The van der Waals surface area contributed by atoms with Gasteiger partial charge in [-0.25, -0.2) is 0 Å². The van der Waals surface area contributed by atoms with Gasteiger partial charge in [0.25, 0.3) is 0 Å². The zero-order valence-electron chi connectivity index (χ0n) is 17.3. The summed E-state index contributed by atoms with van der Waals surface area (Å²) in [4.78, 5) is 9.23. The normalized spacial score (nSPS) is 17.1. The molecule has 0 bridgehead atoms. The van der Waals surface area contributed by atoms with Gasteiger partial charge in [-0.1, -0.05) is 43.2 Å². The van der Waals surface area contributed by atoms with E-state index in [1.165, 1.54) is 50.9 Å². The molecular formula is C21H38IN5. The molecule has 1 aliphatic rings. The van der Waals surface area contributed by atoms with Crippen molar-refractivity contribution in [3.8, 4) is 0 Å². The van der Waals surface area contributed by atoms with E-state index in [0.29, 0.717) is 6.04 Å². The van der Waals surface area contributed by atoms with Crippen LogP contribution in [0.2, 0.25) is 0 Å². The lowest BCUT2D eigenvalue weighted by Crippen LogP contribution is -2.42. The SMILES string of the molecule is CN=C(NCCCN1CCCCCC1)NCC(c1ccccc1)N(C)C.I. The molecule has 154 valence electrons. The van der Waals surface area contributed by atoms with Crippen molar-refractivity contribution in [3.05, 3.63) is 35.9 Å². The number of hydrogen-bond donors (Lipinski definition) is 2. The molecule has 2 N–H and O–H groups in total. The number of benzene rings is 1. The van der Waals surface area contributed by atoms with E-state index in [1.807, 2.05) is 7.05 Å². The van der Waals surface area contributed by atoms with Crippen LogP contribution in [0.15, 0.2) is 35.3 Å². The summed E-state index contributed by atoms with van der Waals surface area (Å²) in [6.07, 6.45) is 6.69. The van der Waals surface area contributed by atoms with Gasteiger partial charge < -0.3 is 20.4 Å². The maximum absolute atomic E-state index is 4.37. The van der Waals surface area contributed by atoms with Crippen molar-refractivity contribution in [2.75, 3.05) is 53.9 Å². The molecule has 5 nitrogen and oxygen atoms in total. The van der Waals surface area contributed by atoms with E-state index in [2.05, 4.69) is 69.9 Å². The first-order valence-corrected chi connectivity index (χ1v) is 10.1. The van der Waals surface area contributed by atoms with Gasteiger partial charge in [0, 0.05) is 20.1 Å². The van der Waals surface area contributed by atoms with E-state index in [9.17, 15) is 0 Å². The lowest BCUT2D eigenvalue weighted by atomic mass is 10.1. The zero-order valence-corrected chi connectivity index (χ0v) is 19.6. The first-order chi connectivity index (χ1) is 12.7. The minimum absolute atomic E-state index is 0. The van der Waals surface area contributed by atoms with Crippen molar-refractivity contribution >= 4 is 29.9 Å². The van der Waals surface area contributed by atoms with E-state index in [4.69, 9.17) is 0 Å². The highest BCUT2D eigenvalue weighted by molar-refractivity contribution is 14.0. The topological polar surface area (TPSA) is 42.9 Å². The lowest BCUT2D eigenvalue weighted by molar-refractivity contribution is 0.281. The predicted molar refractivity (Wildman–Crippen MR) is 127 cm³/mol. The summed E-state index contributed by atoms with van der Waals surface area (Å²) >= 11 is 0. The molecule has 1 saturated heterocycles. The number of rotatable bonds is 8. The standard InChI is InChI=1S/C21H37N5.HI/c1-22-21(23-14-11-17-26-15-9-4-5-10-16-26)24-18-20(25(2)3)19-12-7-6-8-13-19;/h6-8,12-13,20H,4-5,9-11,14-18H2,1-3H3,(H2,22,23,24);1H. The minimum Gasteiger partial charge on any atom is -0.356 e. The van der Waals surface area contributed by atoms with Gasteiger partial charge in [0.2, 0.25) is 0 Å². The first-order valence-electron chi connectivity index (χ1n) is 10.1. The highest BCUT2D eigenvalue weighted by atomic mass is 127. The fourth-order valence-corrected chi connectivity index (χ4v) is 3.56. The second-order valence-electron chi connectivity index (χ2n) is 7.38. The number of likely N-dealkylation sites (N-methyl/N-ethyl adjacent to an activating group) is 1. The molecule has 0 aromatic heterocycles. The van der Waals surface area contributed by atoms with Gasteiger partial charge >= 0.3 is 0 Å². The van der Waals surface area contributed by atoms with Gasteiger partial charge in [-0.05, 0) is 58.6 Å². The van der Waals surface area contributed by atoms with Crippen molar-refractivity contribution in [3.63, 3.8) is 0 Å². The van der Waals surface area contributed by atoms with E-state index in [0.717, 1.165) is 25.5 Å². The van der Waals surface area contributed by atoms with Crippen molar-refractivity contribution in [1.82, 2.24) is 20.4 Å². The van der Waals surface area contributed by atoms with Gasteiger partial charge in [0.1, 0.15) is 0 Å². The Bertz CT molecular complexity index is 513. The molecule has 1 aromatic rings. The predicted octanol–water partition coefficient (Wildman–Crippen LogP) is 3.34. The third kappa shape index (κ3) is 9.25. The number of aliphatic imine (C=N–C) groups is 1. The second kappa shape index (κ2) is 14.2. The van der Waals surface area contributed by atoms with Crippen LogP contribution in [0.5, 0.6) is 0 Å². The summed E-state index contributed by atoms with van der Waals surface area (Å²) in [5.74, 6) is 0.892. The van der Waals surface area contributed by atoms with Crippen molar-refractivity contribution in [1.29, 1.82) is 0 Å². The highest BCUT2D eigenvalue weighted by Crippen LogP contribution is 2.16. The van der Waals surface area contributed by atoms with E-state index in [1.54, 1.807) is 0 Å². The number of nitrogens with one attached hydrogen (secondary N) is 2. The van der Waals surface area contributed by atoms with Crippen molar-refractivity contribution in [2.45, 2.75) is 38.1 Å². The van der Waals surface area contributed by atoms with Crippen LogP contribution in [0, 0.1) is 0 Å². The number of likely N-dealkylation sites (tertiary alicyclic amines) is 1. The summed E-state index contributed by atoms with van der Waals surface area (Å²) < 4.78 is 0. The van der Waals surface area contributed by atoms with Crippen LogP contribution in [0.1, 0.15) is 43.7 Å². The maximum atomic E-state index is 4.37. The molecule has 0 amide bonds. The maximum Gasteiger partial charge on any atom is 0.191 e. The number of hydrogen-bond acceptors (Lipinski definition) is 3. The Morgan fingerprint density at radius 3 is 2.33 bits per heavy atom. The molecule has 0 radical (unpaired) electrons. The Morgan fingerprint density at radius 1 is 1.07 bits per heavy atom. The Labute approximate surface area is 183 Å². The Hall–Kier alpha value is -0.860. The number of halogens is 1. The smallest absolute Gasteiger partial charge is 0.191 e. The Kier molecular flexibility index (Phi) is 12.7. The van der Waals surface area contributed by atoms with Crippen LogP contribution in [-0.2, 0) is 0 Å². The summed E-state index contributed by atoms with van der Waals surface area (Å²) in [6.45, 7) is 5.54. The van der Waals surface area contributed by atoms with Crippen LogP contribution in [-0.4, -0.2) is 69.6 Å². The molecule has 6 heteroatoms. The largest absolute Gasteiger partial charge is 0.356 e. The molecule has 1 fully saturated rings. The third-order valence-corrected chi connectivity index (χ3v) is 5.14. The molecule has 1 atom stereocenters. The summed E-state index contributed by atoms with van der Waals surface area (Å²) in [6, 6.07) is 11.0. The van der Waals surface area contributed by atoms with Gasteiger partial charge in [0.15, 0.2) is 5.96 Å². The Morgan fingerprint density at radius 2 is 1.74 bits per heavy atom. The summed E-state index contributed by atoms with van der Waals surface area (Å²) in [7, 11) is 6.09. The summed E-state index contributed by atoms with van der Waals surface area (Å²) in [5, 5.41) is 6.95. The van der Waals surface area contributed by atoms with E-state index < -0.39 is 0 Å². The Balaban J connectivity index is 0.00000364. The van der Waals surface area contributed by atoms with Crippen LogP contribution >= 0.6 is 24.0 Å². The molecule has 1 aromatic carbocycles. The number of guanidine groups is 1. The highest BCUT2D eigenvalue weighted by Gasteiger charge is 2.14. The quantitative estimate of drug-likeness (QED) is 0.256. The van der Waals surface area contributed by atoms with E-state index in [-0.39, 0.29) is 24.0 Å². The van der Waals surface area contributed by atoms with Gasteiger partial charge in [-0.2, -0.15) is 0 Å². The van der Waals surface area contributed by atoms with Gasteiger partial charge in [-0.15, -0.1) is 24.0 Å². The minimum atomic E-state index is 0. The molecule has 1 aliphatic heterocycles. The van der Waals surface area contributed by atoms with Crippen LogP contribution < -0.4 is 10.6 Å². The lowest BCUT2D eigenvalue weighted by Gasteiger charge is -2.26. The zero-order chi connectivity index (χ0) is 18.6. The van der Waals surface area contributed by atoms with Gasteiger partial charge in [-0.3, -0.25) is 4.99 Å². The van der Waals surface area contributed by atoms with Crippen molar-refractivity contribution in [2.24, 2.45) is 4.99 Å². The first kappa shape index (κ1) is 24.2. The molecule has 1 unspecified atom stereocenters. The molecular weight excluding hydrogens is 449 g/mol. The average molecular weight is 487 g/mol. The van der Waals surface area contributed by atoms with Crippen LogP contribution in [0.3, 0.4) is 0 Å². The fourth-order valence-electron chi connectivity index (χ4n) is 3.56. The number of nitrogens with zero attached hydrogens (tertiary/aromatic N) is 3.